The molecule has 4 rings (SSSR count). The monoisotopic (exact) mass is 500 g/mol. The molecule has 0 radical (unpaired) electrons. The summed E-state index contributed by atoms with van der Waals surface area (Å²) < 4.78 is 11.6. The van der Waals surface area contributed by atoms with Crippen LogP contribution in [0.25, 0.3) is 5.76 Å². The molecule has 0 aliphatic carbocycles. The standard InChI is InChI=1S/C30H32N2O5/c1-4-36-24-15-9-12-22(20-24)28(33)26-27(32(30(35)29(26)34)18-10-17-31(2)3)21-11-8-16-25(19-21)37-23-13-6-5-7-14-23/h5-9,11-16,19-20,27,33H,4,10,17-18H2,1-3H3/b28-26+. The van der Waals surface area contributed by atoms with Crippen LogP contribution in [0.3, 0.4) is 0 Å². The molecule has 3 aromatic rings. The highest BCUT2D eigenvalue weighted by molar-refractivity contribution is 6.46. The second kappa shape index (κ2) is 11.8. The van der Waals surface area contributed by atoms with Crippen LogP contribution in [0, 0.1) is 0 Å². The molecule has 1 aliphatic heterocycles. The summed E-state index contributed by atoms with van der Waals surface area (Å²) in [6.45, 7) is 3.46. The molecule has 0 aromatic heterocycles. The van der Waals surface area contributed by atoms with Crippen LogP contribution in [0.1, 0.15) is 30.5 Å². The van der Waals surface area contributed by atoms with Crippen molar-refractivity contribution in [3.05, 3.63) is 95.6 Å². The van der Waals surface area contributed by atoms with E-state index < -0.39 is 17.7 Å². The molecule has 1 atom stereocenters. The lowest BCUT2D eigenvalue weighted by molar-refractivity contribution is -0.139. The fourth-order valence-corrected chi connectivity index (χ4v) is 4.44. The van der Waals surface area contributed by atoms with Crippen molar-refractivity contribution in [2.24, 2.45) is 0 Å². The van der Waals surface area contributed by atoms with Gasteiger partial charge in [0.05, 0.1) is 18.2 Å². The predicted molar refractivity (Wildman–Crippen MR) is 143 cm³/mol. The Balaban J connectivity index is 1.77. The molecule has 1 N–H and O–H groups in total. The van der Waals surface area contributed by atoms with Gasteiger partial charge in [0.2, 0.25) is 0 Å². The zero-order chi connectivity index (χ0) is 26.4. The van der Waals surface area contributed by atoms with Gasteiger partial charge in [-0.15, -0.1) is 0 Å². The van der Waals surface area contributed by atoms with Gasteiger partial charge in [0.15, 0.2) is 0 Å². The van der Waals surface area contributed by atoms with Gasteiger partial charge in [-0.1, -0.05) is 42.5 Å². The smallest absolute Gasteiger partial charge is 0.295 e. The number of carbonyl (C=O) groups excluding carboxylic acids is 2. The van der Waals surface area contributed by atoms with Crippen molar-refractivity contribution in [1.82, 2.24) is 9.80 Å². The van der Waals surface area contributed by atoms with Crippen LogP contribution in [0.2, 0.25) is 0 Å². The Hall–Kier alpha value is -4.10. The summed E-state index contributed by atoms with van der Waals surface area (Å²) >= 11 is 0. The first-order chi connectivity index (χ1) is 17.9. The highest BCUT2D eigenvalue weighted by Gasteiger charge is 2.46. The van der Waals surface area contributed by atoms with E-state index in [0.717, 1.165) is 6.54 Å². The first-order valence-corrected chi connectivity index (χ1v) is 12.4. The molecule has 37 heavy (non-hydrogen) atoms. The van der Waals surface area contributed by atoms with Crippen molar-refractivity contribution in [3.8, 4) is 17.2 Å². The van der Waals surface area contributed by atoms with Crippen molar-refractivity contribution < 1.29 is 24.2 Å². The van der Waals surface area contributed by atoms with Gasteiger partial charge in [0.1, 0.15) is 23.0 Å². The summed E-state index contributed by atoms with van der Waals surface area (Å²) in [5.41, 5.74) is 1.15. The Bertz CT molecular complexity index is 1290. The van der Waals surface area contributed by atoms with Gasteiger partial charge < -0.3 is 24.4 Å². The molecular formula is C30H32N2O5. The Morgan fingerprint density at radius 2 is 1.62 bits per heavy atom. The van der Waals surface area contributed by atoms with Gasteiger partial charge in [-0.25, -0.2) is 0 Å². The first-order valence-electron chi connectivity index (χ1n) is 12.4. The number of carbonyl (C=O) groups is 2. The molecular weight excluding hydrogens is 468 g/mol. The molecule has 1 unspecified atom stereocenters. The van der Waals surface area contributed by atoms with Gasteiger partial charge >= 0.3 is 0 Å². The van der Waals surface area contributed by atoms with E-state index in [1.54, 1.807) is 29.2 Å². The van der Waals surface area contributed by atoms with E-state index in [0.29, 0.717) is 47.9 Å². The fraction of sp³-hybridized carbons (Fsp3) is 0.267. The Morgan fingerprint density at radius 1 is 0.919 bits per heavy atom. The van der Waals surface area contributed by atoms with E-state index in [1.165, 1.54) is 0 Å². The van der Waals surface area contributed by atoms with Crippen LogP contribution in [0.15, 0.2) is 84.4 Å². The largest absolute Gasteiger partial charge is 0.507 e. The third-order valence-corrected chi connectivity index (χ3v) is 6.12. The van der Waals surface area contributed by atoms with Crippen LogP contribution in [0.5, 0.6) is 17.2 Å². The van der Waals surface area contributed by atoms with Gasteiger partial charge in [-0.2, -0.15) is 0 Å². The molecule has 1 heterocycles. The minimum absolute atomic E-state index is 0.0559. The number of hydrogen-bond donors (Lipinski definition) is 1. The fourth-order valence-electron chi connectivity index (χ4n) is 4.44. The normalized spacial score (nSPS) is 16.9. The van der Waals surface area contributed by atoms with Crippen LogP contribution in [-0.4, -0.2) is 60.4 Å². The first kappa shape index (κ1) is 26.0. The lowest BCUT2D eigenvalue weighted by Crippen LogP contribution is -2.32. The van der Waals surface area contributed by atoms with E-state index in [4.69, 9.17) is 9.47 Å². The second-order valence-electron chi connectivity index (χ2n) is 9.10. The SMILES string of the molecule is CCOc1cccc(/C(O)=C2\C(=O)C(=O)N(CCCN(C)C)C2c2cccc(Oc3ccccc3)c2)c1. The summed E-state index contributed by atoms with van der Waals surface area (Å²) in [6, 6.07) is 22.8. The van der Waals surface area contributed by atoms with E-state index in [2.05, 4.69) is 0 Å². The minimum Gasteiger partial charge on any atom is -0.507 e. The molecule has 1 saturated heterocycles. The number of hydrogen-bond acceptors (Lipinski definition) is 6. The zero-order valence-corrected chi connectivity index (χ0v) is 21.4. The Morgan fingerprint density at radius 3 is 2.35 bits per heavy atom. The molecule has 7 heteroatoms. The van der Waals surface area contributed by atoms with Crippen molar-refractivity contribution in [3.63, 3.8) is 0 Å². The molecule has 0 spiro atoms. The van der Waals surface area contributed by atoms with Crippen molar-refractivity contribution in [1.29, 1.82) is 0 Å². The maximum absolute atomic E-state index is 13.3. The number of aliphatic hydroxyl groups is 1. The van der Waals surface area contributed by atoms with Crippen molar-refractivity contribution >= 4 is 17.4 Å². The molecule has 3 aromatic carbocycles. The van der Waals surface area contributed by atoms with Gasteiger partial charge in [-0.3, -0.25) is 9.59 Å². The van der Waals surface area contributed by atoms with Gasteiger partial charge in [0.25, 0.3) is 11.7 Å². The van der Waals surface area contributed by atoms with Crippen molar-refractivity contribution in [2.75, 3.05) is 33.8 Å². The number of benzene rings is 3. The van der Waals surface area contributed by atoms with Gasteiger partial charge in [0, 0.05) is 12.1 Å². The Labute approximate surface area is 217 Å². The number of para-hydroxylation sites is 1. The van der Waals surface area contributed by atoms with E-state index >= 15 is 0 Å². The summed E-state index contributed by atoms with van der Waals surface area (Å²) in [5, 5.41) is 11.4. The van der Waals surface area contributed by atoms with Crippen LogP contribution >= 0.6 is 0 Å². The third kappa shape index (κ3) is 6.01. The van der Waals surface area contributed by atoms with Crippen LogP contribution < -0.4 is 9.47 Å². The maximum Gasteiger partial charge on any atom is 0.295 e. The van der Waals surface area contributed by atoms with E-state index in [9.17, 15) is 14.7 Å². The highest BCUT2D eigenvalue weighted by atomic mass is 16.5. The average molecular weight is 501 g/mol. The van der Waals surface area contributed by atoms with Gasteiger partial charge in [-0.05, 0) is 75.9 Å². The summed E-state index contributed by atoms with van der Waals surface area (Å²) in [4.78, 5) is 30.1. The molecule has 0 saturated carbocycles. The van der Waals surface area contributed by atoms with E-state index in [-0.39, 0.29) is 11.3 Å². The number of amides is 1. The molecule has 7 nitrogen and oxygen atoms in total. The number of nitrogens with zero attached hydrogens (tertiary/aromatic N) is 2. The number of aliphatic hydroxyl groups excluding tert-OH is 1. The molecule has 1 amide bonds. The zero-order valence-electron chi connectivity index (χ0n) is 21.4. The topological polar surface area (TPSA) is 79.3 Å². The van der Waals surface area contributed by atoms with E-state index in [1.807, 2.05) is 80.5 Å². The number of ketones is 1. The highest BCUT2D eigenvalue weighted by Crippen LogP contribution is 2.41. The van der Waals surface area contributed by atoms with Crippen LogP contribution in [-0.2, 0) is 9.59 Å². The predicted octanol–water partition coefficient (Wildman–Crippen LogP) is 5.25. The summed E-state index contributed by atoms with van der Waals surface area (Å²) in [5.74, 6) is 0.258. The van der Waals surface area contributed by atoms with Crippen molar-refractivity contribution in [2.45, 2.75) is 19.4 Å². The number of likely N-dealkylation sites (tertiary alicyclic amines) is 1. The van der Waals surface area contributed by atoms with Crippen LogP contribution in [0.4, 0.5) is 0 Å². The average Bonchev–Trinajstić information content (AvgIpc) is 3.14. The molecule has 1 aliphatic rings. The number of Topliss-reactive ketones (excluding diaryl/α,β-unsaturated/α-hetero) is 1. The summed E-state index contributed by atoms with van der Waals surface area (Å²) in [6.07, 6.45) is 0.677. The Kier molecular flexibility index (Phi) is 8.25. The lowest BCUT2D eigenvalue weighted by Gasteiger charge is -2.26. The number of ether oxygens (including phenoxy) is 2. The minimum atomic E-state index is -0.753. The number of rotatable bonds is 10. The molecule has 1 fully saturated rings. The molecule has 0 bridgehead atoms. The third-order valence-electron chi connectivity index (χ3n) is 6.12. The second-order valence-corrected chi connectivity index (χ2v) is 9.10. The summed E-state index contributed by atoms with van der Waals surface area (Å²) in [7, 11) is 3.92. The quantitative estimate of drug-likeness (QED) is 0.233. The molecule has 192 valence electrons. The maximum atomic E-state index is 13.3. The lowest BCUT2D eigenvalue weighted by atomic mass is 9.95.